The molecule has 0 bridgehead atoms. The zero-order chi connectivity index (χ0) is 15.6. The highest BCUT2D eigenvalue weighted by Gasteiger charge is 2.29. The summed E-state index contributed by atoms with van der Waals surface area (Å²) in [6.07, 6.45) is 0. The molecule has 5 heteroatoms. The second kappa shape index (κ2) is 6.24. The number of sulfonamides is 1. The Morgan fingerprint density at radius 3 is 2.35 bits per heavy atom. The van der Waals surface area contributed by atoms with Crippen molar-refractivity contribution in [3.63, 3.8) is 0 Å². The Bertz CT molecular complexity index is 565. The molecule has 0 radical (unpaired) electrons. The van der Waals surface area contributed by atoms with E-state index in [1.807, 2.05) is 46.8 Å². The molecule has 0 heterocycles. The van der Waals surface area contributed by atoms with E-state index >= 15 is 0 Å². The zero-order valence-corrected chi connectivity index (χ0v) is 13.9. The fourth-order valence-corrected chi connectivity index (χ4v) is 3.98. The van der Waals surface area contributed by atoms with Gasteiger partial charge in [-0.3, -0.25) is 0 Å². The first kappa shape index (κ1) is 17.1. The Morgan fingerprint density at radius 2 is 1.85 bits per heavy atom. The summed E-state index contributed by atoms with van der Waals surface area (Å²) in [4.78, 5) is 0.396. The largest absolute Gasteiger partial charge is 0.330 e. The van der Waals surface area contributed by atoms with Crippen molar-refractivity contribution in [3.8, 4) is 0 Å². The van der Waals surface area contributed by atoms with Gasteiger partial charge in [0.1, 0.15) is 0 Å². The minimum absolute atomic E-state index is 0.235. The molecule has 4 nitrogen and oxygen atoms in total. The van der Waals surface area contributed by atoms with Crippen molar-refractivity contribution in [3.05, 3.63) is 29.3 Å². The lowest BCUT2D eigenvalue weighted by atomic mass is 9.94. The average molecular weight is 298 g/mol. The van der Waals surface area contributed by atoms with Gasteiger partial charge in [-0.15, -0.1) is 0 Å². The second-order valence-electron chi connectivity index (χ2n) is 6.07. The van der Waals surface area contributed by atoms with E-state index in [1.165, 1.54) is 4.31 Å². The summed E-state index contributed by atoms with van der Waals surface area (Å²) in [6, 6.07) is 5.52. The third-order valence-corrected chi connectivity index (χ3v) is 5.53. The Labute approximate surface area is 123 Å². The molecule has 0 spiro atoms. The van der Waals surface area contributed by atoms with Crippen LogP contribution in [-0.4, -0.2) is 32.4 Å². The zero-order valence-electron chi connectivity index (χ0n) is 13.1. The Hall–Kier alpha value is -0.910. The molecule has 0 amide bonds. The number of hydrogen-bond donors (Lipinski definition) is 1. The Balaban J connectivity index is 3.22. The summed E-state index contributed by atoms with van der Waals surface area (Å²) in [6.45, 7) is 10.9. The van der Waals surface area contributed by atoms with Gasteiger partial charge in [-0.25, -0.2) is 8.42 Å². The standard InChI is InChI=1S/C15H26N2O2S/c1-6-17(11-15(4,5)10-16)20(18,19)14-9-12(2)7-8-13(14)3/h7-9H,6,10-11,16H2,1-5H3. The van der Waals surface area contributed by atoms with E-state index in [0.29, 0.717) is 24.5 Å². The molecule has 1 aromatic carbocycles. The summed E-state index contributed by atoms with van der Waals surface area (Å²) in [7, 11) is -3.47. The lowest BCUT2D eigenvalue weighted by Gasteiger charge is -2.30. The van der Waals surface area contributed by atoms with Crippen molar-refractivity contribution in [2.24, 2.45) is 11.1 Å². The van der Waals surface area contributed by atoms with E-state index in [4.69, 9.17) is 5.73 Å². The highest BCUT2D eigenvalue weighted by atomic mass is 32.2. The molecule has 2 N–H and O–H groups in total. The fraction of sp³-hybridized carbons (Fsp3) is 0.600. The van der Waals surface area contributed by atoms with Crippen LogP contribution in [0.1, 0.15) is 31.9 Å². The van der Waals surface area contributed by atoms with Gasteiger partial charge in [-0.05, 0) is 43.0 Å². The average Bonchev–Trinajstić information content (AvgIpc) is 2.38. The van der Waals surface area contributed by atoms with Gasteiger partial charge in [0.25, 0.3) is 0 Å². The van der Waals surface area contributed by atoms with E-state index in [0.717, 1.165) is 11.1 Å². The van der Waals surface area contributed by atoms with Crippen LogP contribution in [0.4, 0.5) is 0 Å². The minimum atomic E-state index is -3.47. The van der Waals surface area contributed by atoms with E-state index in [9.17, 15) is 8.42 Å². The van der Waals surface area contributed by atoms with Gasteiger partial charge in [-0.1, -0.05) is 32.9 Å². The smallest absolute Gasteiger partial charge is 0.243 e. The summed E-state index contributed by atoms with van der Waals surface area (Å²) in [5.74, 6) is 0. The number of hydrogen-bond acceptors (Lipinski definition) is 3. The first-order valence-electron chi connectivity index (χ1n) is 6.91. The number of benzene rings is 1. The summed E-state index contributed by atoms with van der Waals surface area (Å²) < 4.78 is 27.1. The van der Waals surface area contributed by atoms with Crippen molar-refractivity contribution >= 4 is 10.0 Å². The van der Waals surface area contributed by atoms with Crippen LogP contribution in [0.25, 0.3) is 0 Å². The first-order valence-corrected chi connectivity index (χ1v) is 8.35. The van der Waals surface area contributed by atoms with Crippen molar-refractivity contribution in [2.75, 3.05) is 19.6 Å². The first-order chi connectivity index (χ1) is 9.14. The molecule has 0 aliphatic carbocycles. The summed E-state index contributed by atoms with van der Waals surface area (Å²) in [5, 5.41) is 0. The van der Waals surface area contributed by atoms with E-state index < -0.39 is 10.0 Å². The number of nitrogens with two attached hydrogens (primary N) is 1. The maximum atomic E-state index is 12.8. The molecule has 0 aliphatic heterocycles. The highest BCUT2D eigenvalue weighted by Crippen LogP contribution is 2.24. The number of rotatable bonds is 6. The maximum Gasteiger partial charge on any atom is 0.243 e. The van der Waals surface area contributed by atoms with Crippen LogP contribution in [0, 0.1) is 19.3 Å². The van der Waals surface area contributed by atoms with Crippen LogP contribution in [0.5, 0.6) is 0 Å². The maximum absolute atomic E-state index is 12.8. The molecule has 0 fully saturated rings. The van der Waals surface area contributed by atoms with Gasteiger partial charge in [0.15, 0.2) is 0 Å². The predicted octanol–water partition coefficient (Wildman–Crippen LogP) is 2.30. The van der Waals surface area contributed by atoms with Gasteiger partial charge in [0.05, 0.1) is 4.90 Å². The molecule has 0 unspecified atom stereocenters. The normalized spacial score (nSPS) is 12.9. The summed E-state index contributed by atoms with van der Waals surface area (Å²) >= 11 is 0. The van der Waals surface area contributed by atoms with Gasteiger partial charge in [0.2, 0.25) is 10.0 Å². The molecule has 0 aromatic heterocycles. The van der Waals surface area contributed by atoms with E-state index in [2.05, 4.69) is 0 Å². The second-order valence-corrected chi connectivity index (χ2v) is 7.97. The van der Waals surface area contributed by atoms with Crippen molar-refractivity contribution in [2.45, 2.75) is 39.5 Å². The quantitative estimate of drug-likeness (QED) is 0.876. The van der Waals surface area contributed by atoms with E-state index in [1.54, 1.807) is 6.07 Å². The molecule has 20 heavy (non-hydrogen) atoms. The Morgan fingerprint density at radius 1 is 1.25 bits per heavy atom. The lowest BCUT2D eigenvalue weighted by Crippen LogP contribution is -2.42. The third-order valence-electron chi connectivity index (χ3n) is 3.47. The molecule has 1 rings (SSSR count). The molecular weight excluding hydrogens is 272 g/mol. The van der Waals surface area contributed by atoms with Crippen LogP contribution >= 0.6 is 0 Å². The van der Waals surface area contributed by atoms with Gasteiger partial charge >= 0.3 is 0 Å². The van der Waals surface area contributed by atoms with Crippen LogP contribution in [-0.2, 0) is 10.0 Å². The molecule has 114 valence electrons. The molecule has 1 aromatic rings. The van der Waals surface area contributed by atoms with Crippen molar-refractivity contribution in [1.29, 1.82) is 0 Å². The van der Waals surface area contributed by atoms with Crippen LogP contribution < -0.4 is 5.73 Å². The molecule has 0 saturated heterocycles. The van der Waals surface area contributed by atoms with Crippen LogP contribution in [0.3, 0.4) is 0 Å². The topological polar surface area (TPSA) is 63.4 Å². The Kier molecular flexibility index (Phi) is 5.35. The van der Waals surface area contributed by atoms with Crippen LogP contribution in [0.2, 0.25) is 0 Å². The van der Waals surface area contributed by atoms with E-state index in [-0.39, 0.29) is 5.41 Å². The molecule has 0 atom stereocenters. The fourth-order valence-electron chi connectivity index (χ4n) is 2.03. The van der Waals surface area contributed by atoms with Gasteiger partial charge < -0.3 is 5.73 Å². The minimum Gasteiger partial charge on any atom is -0.330 e. The van der Waals surface area contributed by atoms with Crippen molar-refractivity contribution in [1.82, 2.24) is 4.31 Å². The van der Waals surface area contributed by atoms with Crippen molar-refractivity contribution < 1.29 is 8.42 Å². The predicted molar refractivity (Wildman–Crippen MR) is 83.2 cm³/mol. The third kappa shape index (κ3) is 3.81. The SMILES string of the molecule is CCN(CC(C)(C)CN)S(=O)(=O)c1cc(C)ccc1C. The number of nitrogens with zero attached hydrogens (tertiary/aromatic N) is 1. The molecule has 0 saturated carbocycles. The van der Waals surface area contributed by atoms with Crippen LogP contribution in [0.15, 0.2) is 23.1 Å². The highest BCUT2D eigenvalue weighted by molar-refractivity contribution is 7.89. The lowest BCUT2D eigenvalue weighted by molar-refractivity contribution is 0.273. The monoisotopic (exact) mass is 298 g/mol. The van der Waals surface area contributed by atoms with Gasteiger partial charge in [-0.2, -0.15) is 4.31 Å². The summed E-state index contributed by atoms with van der Waals surface area (Å²) in [5.41, 5.74) is 7.21. The molecule has 0 aliphatic rings. The molecular formula is C15H26N2O2S. The van der Waals surface area contributed by atoms with Gasteiger partial charge in [0, 0.05) is 13.1 Å². The number of aryl methyl sites for hydroxylation is 2.